The summed E-state index contributed by atoms with van der Waals surface area (Å²) in [7, 11) is 0. The van der Waals surface area contributed by atoms with Crippen LogP contribution in [0.4, 0.5) is 5.69 Å². The zero-order chi connectivity index (χ0) is 17.6. The van der Waals surface area contributed by atoms with Crippen LogP contribution in [-0.4, -0.2) is 36.4 Å². The Morgan fingerprint density at radius 3 is 2.40 bits per heavy atom. The minimum atomic E-state index is -0.246. The number of hydrogen-bond acceptors (Lipinski definition) is 3. The highest BCUT2D eigenvalue weighted by Gasteiger charge is 2.22. The van der Waals surface area contributed by atoms with E-state index < -0.39 is 0 Å². The quantitative estimate of drug-likeness (QED) is 0.906. The molecule has 5 heteroatoms. The Morgan fingerprint density at radius 2 is 1.72 bits per heavy atom. The number of nitrogens with one attached hydrogen (secondary N) is 1. The molecule has 0 aliphatic carbocycles. The molecule has 1 fully saturated rings. The van der Waals surface area contributed by atoms with E-state index in [1.807, 2.05) is 24.0 Å². The Labute approximate surface area is 147 Å². The molecule has 1 aliphatic rings. The first-order chi connectivity index (χ1) is 12.2. The van der Waals surface area contributed by atoms with E-state index in [-0.39, 0.29) is 11.8 Å². The molecule has 0 aromatic heterocycles. The molecule has 2 aromatic rings. The maximum Gasteiger partial charge on any atom is 0.255 e. The first kappa shape index (κ1) is 17.0. The molecule has 1 aliphatic heterocycles. The predicted molar refractivity (Wildman–Crippen MR) is 97.1 cm³/mol. The van der Waals surface area contributed by atoms with E-state index in [1.54, 1.807) is 36.4 Å². The summed E-state index contributed by atoms with van der Waals surface area (Å²) in [4.78, 5) is 27.0. The largest absolute Gasteiger partial charge is 0.494 e. The van der Waals surface area contributed by atoms with Gasteiger partial charge in [-0.3, -0.25) is 9.59 Å². The fraction of sp³-hybridized carbons (Fsp3) is 0.300. The van der Waals surface area contributed by atoms with Crippen LogP contribution in [0.25, 0.3) is 0 Å². The van der Waals surface area contributed by atoms with Gasteiger partial charge in [0.1, 0.15) is 5.75 Å². The van der Waals surface area contributed by atoms with Gasteiger partial charge in [0, 0.05) is 18.7 Å². The maximum absolute atomic E-state index is 12.7. The highest BCUT2D eigenvalue weighted by atomic mass is 16.5. The van der Waals surface area contributed by atoms with Crippen molar-refractivity contribution < 1.29 is 14.3 Å². The van der Waals surface area contributed by atoms with Crippen LogP contribution < -0.4 is 10.1 Å². The van der Waals surface area contributed by atoms with Gasteiger partial charge in [0.2, 0.25) is 0 Å². The van der Waals surface area contributed by atoms with Gasteiger partial charge in [-0.2, -0.15) is 0 Å². The number of hydrogen-bond donors (Lipinski definition) is 1. The second kappa shape index (κ2) is 7.83. The number of carbonyl (C=O) groups excluding carboxylic acids is 2. The summed E-state index contributed by atoms with van der Waals surface area (Å²) >= 11 is 0. The Morgan fingerprint density at radius 1 is 1.04 bits per heavy atom. The summed E-state index contributed by atoms with van der Waals surface area (Å²) in [5.74, 6) is 0.452. The number of anilines is 1. The molecule has 0 spiro atoms. The molecule has 1 saturated heterocycles. The van der Waals surface area contributed by atoms with Crippen molar-refractivity contribution in [2.45, 2.75) is 19.8 Å². The highest BCUT2D eigenvalue weighted by molar-refractivity contribution is 6.09. The van der Waals surface area contributed by atoms with Gasteiger partial charge in [0.15, 0.2) is 0 Å². The third-order valence-electron chi connectivity index (χ3n) is 4.23. The number of carbonyl (C=O) groups is 2. The second-order valence-corrected chi connectivity index (χ2v) is 5.96. The van der Waals surface area contributed by atoms with E-state index in [0.29, 0.717) is 23.4 Å². The molecule has 2 aromatic carbocycles. The summed E-state index contributed by atoms with van der Waals surface area (Å²) < 4.78 is 5.38. The molecule has 1 N–H and O–H groups in total. The summed E-state index contributed by atoms with van der Waals surface area (Å²) in [6.45, 7) is 4.05. The van der Waals surface area contributed by atoms with E-state index in [4.69, 9.17) is 4.74 Å². The number of amides is 2. The van der Waals surface area contributed by atoms with Crippen molar-refractivity contribution >= 4 is 17.5 Å². The topological polar surface area (TPSA) is 58.6 Å². The monoisotopic (exact) mass is 338 g/mol. The van der Waals surface area contributed by atoms with Crippen molar-refractivity contribution in [2.75, 3.05) is 25.0 Å². The van der Waals surface area contributed by atoms with E-state index in [9.17, 15) is 9.59 Å². The molecule has 0 bridgehead atoms. The van der Waals surface area contributed by atoms with Gasteiger partial charge in [-0.1, -0.05) is 12.1 Å². The molecule has 0 radical (unpaired) electrons. The van der Waals surface area contributed by atoms with Crippen LogP contribution in [0.1, 0.15) is 40.5 Å². The molecule has 2 amide bonds. The standard InChI is InChI=1S/C20H22N2O3/c1-2-25-16-11-9-15(10-12-16)19(23)21-18-8-4-3-7-17(18)20(24)22-13-5-6-14-22/h3-4,7-12H,2,5-6,13-14H2,1H3,(H,21,23). The minimum absolute atomic E-state index is 0.0277. The molecule has 0 saturated carbocycles. The van der Waals surface area contributed by atoms with E-state index in [1.165, 1.54) is 0 Å². The molecular weight excluding hydrogens is 316 g/mol. The van der Waals surface area contributed by atoms with Gasteiger partial charge in [-0.25, -0.2) is 0 Å². The molecule has 1 heterocycles. The Kier molecular flexibility index (Phi) is 5.33. The van der Waals surface area contributed by atoms with Gasteiger partial charge in [0.25, 0.3) is 11.8 Å². The summed E-state index contributed by atoms with van der Waals surface area (Å²) in [6, 6.07) is 14.1. The van der Waals surface area contributed by atoms with Crippen molar-refractivity contribution in [2.24, 2.45) is 0 Å². The van der Waals surface area contributed by atoms with Crippen molar-refractivity contribution in [3.05, 3.63) is 59.7 Å². The molecule has 25 heavy (non-hydrogen) atoms. The maximum atomic E-state index is 12.7. The molecule has 130 valence electrons. The van der Waals surface area contributed by atoms with Crippen LogP contribution >= 0.6 is 0 Å². The lowest BCUT2D eigenvalue weighted by Crippen LogP contribution is -2.28. The van der Waals surface area contributed by atoms with Crippen LogP contribution in [0.5, 0.6) is 5.75 Å². The lowest BCUT2D eigenvalue weighted by Gasteiger charge is -2.18. The zero-order valence-corrected chi connectivity index (χ0v) is 14.3. The number of para-hydroxylation sites is 1. The van der Waals surface area contributed by atoms with Gasteiger partial charge in [0.05, 0.1) is 17.9 Å². The number of rotatable bonds is 5. The highest BCUT2D eigenvalue weighted by Crippen LogP contribution is 2.21. The molecule has 3 rings (SSSR count). The third-order valence-corrected chi connectivity index (χ3v) is 4.23. The zero-order valence-electron chi connectivity index (χ0n) is 14.3. The van der Waals surface area contributed by atoms with Crippen molar-refractivity contribution in [1.29, 1.82) is 0 Å². The van der Waals surface area contributed by atoms with Gasteiger partial charge in [-0.05, 0) is 56.2 Å². The van der Waals surface area contributed by atoms with E-state index >= 15 is 0 Å². The van der Waals surface area contributed by atoms with Crippen molar-refractivity contribution in [1.82, 2.24) is 4.90 Å². The summed E-state index contributed by atoms with van der Waals surface area (Å²) in [5.41, 5.74) is 1.59. The Balaban J connectivity index is 1.76. The lowest BCUT2D eigenvalue weighted by molar-refractivity contribution is 0.0794. The van der Waals surface area contributed by atoms with Gasteiger partial charge >= 0.3 is 0 Å². The molecular formula is C20H22N2O3. The average Bonchev–Trinajstić information content (AvgIpc) is 3.17. The molecule has 5 nitrogen and oxygen atoms in total. The SMILES string of the molecule is CCOc1ccc(C(=O)Nc2ccccc2C(=O)N2CCCC2)cc1. The van der Waals surface area contributed by atoms with Gasteiger partial charge in [-0.15, -0.1) is 0 Å². The number of benzene rings is 2. The van der Waals surface area contributed by atoms with E-state index in [0.717, 1.165) is 31.7 Å². The van der Waals surface area contributed by atoms with Crippen molar-refractivity contribution in [3.8, 4) is 5.75 Å². The van der Waals surface area contributed by atoms with Crippen LogP contribution in [0.15, 0.2) is 48.5 Å². The van der Waals surface area contributed by atoms with Crippen LogP contribution in [0.3, 0.4) is 0 Å². The number of nitrogens with zero attached hydrogens (tertiary/aromatic N) is 1. The summed E-state index contributed by atoms with van der Waals surface area (Å²) in [6.07, 6.45) is 2.07. The molecule has 0 atom stereocenters. The lowest BCUT2D eigenvalue weighted by atomic mass is 10.1. The van der Waals surface area contributed by atoms with Crippen molar-refractivity contribution in [3.63, 3.8) is 0 Å². The fourth-order valence-electron chi connectivity index (χ4n) is 2.93. The molecule has 0 unspecified atom stereocenters. The fourth-order valence-corrected chi connectivity index (χ4v) is 2.93. The smallest absolute Gasteiger partial charge is 0.255 e. The van der Waals surface area contributed by atoms with E-state index in [2.05, 4.69) is 5.32 Å². The van der Waals surface area contributed by atoms with Crippen LogP contribution in [0.2, 0.25) is 0 Å². The number of likely N-dealkylation sites (tertiary alicyclic amines) is 1. The first-order valence-electron chi connectivity index (χ1n) is 8.61. The third kappa shape index (κ3) is 3.99. The Hall–Kier alpha value is -2.82. The number of ether oxygens (including phenoxy) is 1. The van der Waals surface area contributed by atoms with Gasteiger partial charge < -0.3 is 15.0 Å². The summed E-state index contributed by atoms with van der Waals surface area (Å²) in [5, 5.41) is 2.86. The first-order valence-corrected chi connectivity index (χ1v) is 8.61. The predicted octanol–water partition coefficient (Wildman–Crippen LogP) is 3.57. The Bertz CT molecular complexity index is 750. The minimum Gasteiger partial charge on any atom is -0.494 e. The normalized spacial score (nSPS) is 13.6. The van der Waals surface area contributed by atoms with Crippen LogP contribution in [-0.2, 0) is 0 Å². The second-order valence-electron chi connectivity index (χ2n) is 5.96. The van der Waals surface area contributed by atoms with Crippen LogP contribution in [0, 0.1) is 0 Å². The average molecular weight is 338 g/mol.